The maximum absolute atomic E-state index is 12.8. The number of nitrogens with two attached hydrogens (primary N) is 1. The predicted octanol–water partition coefficient (Wildman–Crippen LogP) is 2.32. The average molecular weight is 282 g/mol. The van der Waals surface area contributed by atoms with Crippen molar-refractivity contribution in [2.45, 2.75) is 32.2 Å². The molecule has 2 N–H and O–H groups in total. The fraction of sp³-hybridized carbons (Fsp3) is 0.533. The topological polar surface area (TPSA) is 55.6 Å². The molecule has 1 atom stereocenters. The van der Waals surface area contributed by atoms with Gasteiger partial charge in [-0.15, -0.1) is 0 Å². The van der Waals surface area contributed by atoms with Gasteiger partial charge in [0.15, 0.2) is 0 Å². The molecule has 1 rings (SSSR count). The largest absolute Gasteiger partial charge is 0.465 e. The molecule has 5 heteroatoms. The first-order chi connectivity index (χ1) is 9.36. The second kappa shape index (κ2) is 7.24. The molecule has 0 aromatic heterocycles. The highest BCUT2D eigenvalue weighted by molar-refractivity contribution is 5.79. The number of benzene rings is 1. The van der Waals surface area contributed by atoms with Gasteiger partial charge in [0.2, 0.25) is 0 Å². The Kier molecular flexibility index (Phi) is 5.95. The Morgan fingerprint density at radius 3 is 2.55 bits per heavy atom. The molecule has 4 nitrogen and oxygen atoms in total. The zero-order valence-electron chi connectivity index (χ0n) is 12.4. The van der Waals surface area contributed by atoms with Crippen molar-refractivity contribution >= 4 is 11.7 Å². The van der Waals surface area contributed by atoms with Crippen molar-refractivity contribution in [3.63, 3.8) is 0 Å². The molecule has 1 aromatic rings. The molecule has 0 heterocycles. The number of esters is 1. The summed E-state index contributed by atoms with van der Waals surface area (Å²) in [7, 11) is 1.92. The van der Waals surface area contributed by atoms with Crippen LogP contribution < -0.4 is 10.6 Å². The normalized spacial score (nSPS) is 13.7. The Balaban J connectivity index is 2.43. The summed E-state index contributed by atoms with van der Waals surface area (Å²) in [4.78, 5) is 13.6. The molecule has 112 valence electrons. The average Bonchev–Trinajstić information content (AvgIpc) is 2.39. The Bertz CT molecular complexity index is 432. The molecule has 1 unspecified atom stereocenters. The third-order valence-electron chi connectivity index (χ3n) is 3.20. The zero-order chi connectivity index (χ0) is 15.2. The molecule has 0 saturated heterocycles. The highest BCUT2D eigenvalue weighted by Gasteiger charge is 2.29. The van der Waals surface area contributed by atoms with Crippen molar-refractivity contribution < 1.29 is 13.9 Å². The zero-order valence-corrected chi connectivity index (χ0v) is 12.4. The smallest absolute Gasteiger partial charge is 0.325 e. The molecule has 0 aliphatic heterocycles. The molecule has 0 amide bonds. The van der Waals surface area contributed by atoms with Crippen LogP contribution in [0.4, 0.5) is 10.1 Å². The summed E-state index contributed by atoms with van der Waals surface area (Å²) in [5.74, 6) is -0.622. The van der Waals surface area contributed by atoms with Gasteiger partial charge in [0.1, 0.15) is 11.4 Å². The number of nitrogens with zero attached hydrogens (tertiary/aromatic N) is 1. The number of ether oxygens (including phenoxy) is 1. The van der Waals surface area contributed by atoms with Crippen LogP contribution in [-0.2, 0) is 9.53 Å². The Morgan fingerprint density at radius 2 is 2.00 bits per heavy atom. The third kappa shape index (κ3) is 4.81. The number of anilines is 1. The van der Waals surface area contributed by atoms with Gasteiger partial charge < -0.3 is 15.4 Å². The van der Waals surface area contributed by atoms with E-state index in [0.717, 1.165) is 18.7 Å². The summed E-state index contributed by atoms with van der Waals surface area (Å²) in [6.45, 7) is 4.51. The summed E-state index contributed by atoms with van der Waals surface area (Å²) in [5.41, 5.74) is 5.92. The lowest BCUT2D eigenvalue weighted by Crippen LogP contribution is -2.46. The third-order valence-corrected chi connectivity index (χ3v) is 3.20. The van der Waals surface area contributed by atoms with Crippen molar-refractivity contribution in [2.75, 3.05) is 25.1 Å². The minimum Gasteiger partial charge on any atom is -0.465 e. The molecule has 0 aliphatic carbocycles. The molecule has 0 spiro atoms. The van der Waals surface area contributed by atoms with Crippen LogP contribution in [0.1, 0.15) is 26.7 Å². The Morgan fingerprint density at radius 1 is 1.40 bits per heavy atom. The molecule has 0 saturated carbocycles. The lowest BCUT2D eigenvalue weighted by Gasteiger charge is -2.24. The van der Waals surface area contributed by atoms with Crippen LogP contribution in [0.2, 0.25) is 0 Å². The predicted molar refractivity (Wildman–Crippen MR) is 78.1 cm³/mol. The van der Waals surface area contributed by atoms with Gasteiger partial charge in [-0.05, 0) is 51.0 Å². The maximum atomic E-state index is 12.8. The molecule has 1 aromatic carbocycles. The van der Waals surface area contributed by atoms with Crippen molar-refractivity contribution in [1.82, 2.24) is 0 Å². The van der Waals surface area contributed by atoms with Crippen molar-refractivity contribution in [3.05, 3.63) is 30.1 Å². The molecular formula is C15H23FN2O2. The number of carbonyl (C=O) groups is 1. The van der Waals surface area contributed by atoms with E-state index in [2.05, 4.69) is 0 Å². The van der Waals surface area contributed by atoms with Crippen LogP contribution in [0, 0.1) is 5.82 Å². The molecule has 0 bridgehead atoms. The van der Waals surface area contributed by atoms with Crippen LogP contribution in [0.15, 0.2) is 24.3 Å². The highest BCUT2D eigenvalue weighted by atomic mass is 19.1. The summed E-state index contributed by atoms with van der Waals surface area (Å²) >= 11 is 0. The SMILES string of the molecule is CCOC(=O)C(C)(N)CCCN(C)c1ccc(F)cc1. The lowest BCUT2D eigenvalue weighted by molar-refractivity contribution is -0.149. The van der Waals surface area contributed by atoms with Gasteiger partial charge in [0.25, 0.3) is 0 Å². The van der Waals surface area contributed by atoms with Crippen LogP contribution in [0.25, 0.3) is 0 Å². The molecule has 0 fully saturated rings. The van der Waals surface area contributed by atoms with Crippen LogP contribution in [0.3, 0.4) is 0 Å². The molecule has 0 radical (unpaired) electrons. The number of carbonyl (C=O) groups excluding carboxylic acids is 1. The van der Waals surface area contributed by atoms with E-state index in [1.807, 2.05) is 11.9 Å². The first-order valence-corrected chi connectivity index (χ1v) is 6.79. The van der Waals surface area contributed by atoms with E-state index in [1.165, 1.54) is 12.1 Å². The van der Waals surface area contributed by atoms with E-state index in [0.29, 0.717) is 13.0 Å². The first kappa shape index (κ1) is 16.4. The van der Waals surface area contributed by atoms with E-state index in [1.54, 1.807) is 26.0 Å². The Labute approximate surface area is 119 Å². The number of hydrogen-bond acceptors (Lipinski definition) is 4. The van der Waals surface area contributed by atoms with Gasteiger partial charge in [0.05, 0.1) is 6.61 Å². The fourth-order valence-corrected chi connectivity index (χ4v) is 1.91. The lowest BCUT2D eigenvalue weighted by atomic mass is 9.97. The van der Waals surface area contributed by atoms with Crippen LogP contribution in [0.5, 0.6) is 0 Å². The standard InChI is InChI=1S/C15H23FN2O2/c1-4-20-14(19)15(2,17)10-5-11-18(3)13-8-6-12(16)7-9-13/h6-9H,4-5,10-11,17H2,1-3H3. The van der Waals surface area contributed by atoms with Crippen molar-refractivity contribution in [2.24, 2.45) is 5.73 Å². The van der Waals surface area contributed by atoms with Crippen molar-refractivity contribution in [1.29, 1.82) is 0 Å². The molecule has 20 heavy (non-hydrogen) atoms. The van der Waals surface area contributed by atoms with Gasteiger partial charge in [-0.3, -0.25) is 4.79 Å². The van der Waals surface area contributed by atoms with E-state index in [-0.39, 0.29) is 11.8 Å². The van der Waals surface area contributed by atoms with Gasteiger partial charge in [-0.2, -0.15) is 0 Å². The summed E-state index contributed by atoms with van der Waals surface area (Å²) in [5, 5.41) is 0. The highest BCUT2D eigenvalue weighted by Crippen LogP contribution is 2.16. The molecular weight excluding hydrogens is 259 g/mol. The minimum atomic E-state index is -0.959. The second-order valence-electron chi connectivity index (χ2n) is 5.14. The number of rotatable bonds is 7. The van der Waals surface area contributed by atoms with Gasteiger partial charge >= 0.3 is 5.97 Å². The Hall–Kier alpha value is -1.62. The fourth-order valence-electron chi connectivity index (χ4n) is 1.91. The summed E-state index contributed by atoms with van der Waals surface area (Å²) in [6, 6.07) is 6.31. The summed E-state index contributed by atoms with van der Waals surface area (Å²) in [6.07, 6.45) is 1.29. The van der Waals surface area contributed by atoms with Gasteiger partial charge in [-0.1, -0.05) is 0 Å². The van der Waals surface area contributed by atoms with E-state index in [9.17, 15) is 9.18 Å². The summed E-state index contributed by atoms with van der Waals surface area (Å²) < 4.78 is 17.8. The van der Waals surface area contributed by atoms with E-state index >= 15 is 0 Å². The maximum Gasteiger partial charge on any atom is 0.325 e. The van der Waals surface area contributed by atoms with Crippen molar-refractivity contribution in [3.8, 4) is 0 Å². The van der Waals surface area contributed by atoms with Gasteiger partial charge in [0, 0.05) is 19.3 Å². The number of hydrogen-bond donors (Lipinski definition) is 1. The van der Waals surface area contributed by atoms with Gasteiger partial charge in [-0.25, -0.2) is 4.39 Å². The van der Waals surface area contributed by atoms with Crippen LogP contribution in [-0.4, -0.2) is 31.7 Å². The second-order valence-corrected chi connectivity index (χ2v) is 5.14. The van der Waals surface area contributed by atoms with E-state index in [4.69, 9.17) is 10.5 Å². The monoisotopic (exact) mass is 282 g/mol. The number of halogens is 1. The van der Waals surface area contributed by atoms with E-state index < -0.39 is 5.54 Å². The first-order valence-electron chi connectivity index (χ1n) is 6.79. The quantitative estimate of drug-likeness (QED) is 0.780. The van der Waals surface area contributed by atoms with Crippen LogP contribution >= 0.6 is 0 Å². The molecule has 0 aliphatic rings. The minimum absolute atomic E-state index is 0.251.